The molecule has 0 radical (unpaired) electrons. The third-order valence-electron chi connectivity index (χ3n) is 5.59. The molecule has 0 N–H and O–H groups in total. The Kier molecular flexibility index (Phi) is 5.41. The lowest BCUT2D eigenvalue weighted by atomic mass is 9.97. The SMILES string of the molecule is C[C@@H]1CCC[C@H](C)N1C(=O)c1nn2c(C(F)(F)F)cc(-c3ccc(F)cc3)nc2c1Cl. The topological polar surface area (TPSA) is 50.5 Å². The highest BCUT2D eigenvalue weighted by Crippen LogP contribution is 2.35. The number of aromatic nitrogens is 3. The molecule has 3 aromatic rings. The minimum Gasteiger partial charge on any atom is -0.332 e. The number of piperidine rings is 1. The molecule has 0 bridgehead atoms. The third kappa shape index (κ3) is 3.86. The van der Waals surface area contributed by atoms with E-state index in [-0.39, 0.29) is 39.7 Å². The van der Waals surface area contributed by atoms with Crippen molar-refractivity contribution in [1.29, 1.82) is 0 Å². The Bertz CT molecular complexity index is 1130. The molecule has 5 nitrogen and oxygen atoms in total. The minimum absolute atomic E-state index is 0.0552. The Morgan fingerprint density at radius 3 is 2.32 bits per heavy atom. The van der Waals surface area contributed by atoms with Crippen molar-refractivity contribution in [1.82, 2.24) is 19.5 Å². The number of hydrogen-bond acceptors (Lipinski definition) is 3. The lowest BCUT2D eigenvalue weighted by Gasteiger charge is -2.38. The molecule has 31 heavy (non-hydrogen) atoms. The number of fused-ring (bicyclic) bond motifs is 1. The second-order valence-corrected chi connectivity index (χ2v) is 8.15. The van der Waals surface area contributed by atoms with Crippen LogP contribution in [0.1, 0.15) is 49.3 Å². The van der Waals surface area contributed by atoms with E-state index in [0.29, 0.717) is 4.52 Å². The zero-order valence-electron chi connectivity index (χ0n) is 16.7. The number of halogens is 5. The summed E-state index contributed by atoms with van der Waals surface area (Å²) in [5, 5.41) is 3.68. The molecule has 1 amide bonds. The highest BCUT2D eigenvalue weighted by Gasteiger charge is 2.38. The predicted octanol–water partition coefficient (Wildman–Crippen LogP) is 5.61. The van der Waals surface area contributed by atoms with E-state index in [1.54, 1.807) is 4.90 Å². The largest absolute Gasteiger partial charge is 0.433 e. The van der Waals surface area contributed by atoms with E-state index in [9.17, 15) is 22.4 Å². The molecule has 3 heterocycles. The van der Waals surface area contributed by atoms with Gasteiger partial charge in [-0.15, -0.1) is 0 Å². The van der Waals surface area contributed by atoms with Crippen LogP contribution in [0, 0.1) is 5.82 Å². The number of alkyl halides is 3. The fraction of sp³-hybridized carbons (Fsp3) is 0.381. The average molecular weight is 455 g/mol. The lowest BCUT2D eigenvalue weighted by molar-refractivity contribution is -0.142. The van der Waals surface area contributed by atoms with Crippen molar-refractivity contribution in [2.24, 2.45) is 0 Å². The zero-order valence-corrected chi connectivity index (χ0v) is 17.5. The summed E-state index contributed by atoms with van der Waals surface area (Å²) in [4.78, 5) is 19.0. The number of rotatable bonds is 2. The van der Waals surface area contributed by atoms with E-state index in [2.05, 4.69) is 10.1 Å². The van der Waals surface area contributed by atoms with Crippen LogP contribution in [0.5, 0.6) is 0 Å². The van der Waals surface area contributed by atoms with Gasteiger partial charge in [0.25, 0.3) is 5.91 Å². The summed E-state index contributed by atoms with van der Waals surface area (Å²) in [6, 6.07) is 5.54. The van der Waals surface area contributed by atoms with Crippen LogP contribution in [0.4, 0.5) is 17.6 Å². The minimum atomic E-state index is -4.78. The van der Waals surface area contributed by atoms with Crippen LogP contribution in [0.2, 0.25) is 5.02 Å². The molecular formula is C21H19ClF4N4O. The molecule has 4 rings (SSSR count). The van der Waals surface area contributed by atoms with Gasteiger partial charge in [-0.05, 0) is 63.4 Å². The van der Waals surface area contributed by atoms with E-state index in [1.165, 1.54) is 12.1 Å². The Hall–Kier alpha value is -2.68. The van der Waals surface area contributed by atoms with E-state index in [0.717, 1.165) is 37.5 Å². The predicted molar refractivity (Wildman–Crippen MR) is 107 cm³/mol. The molecule has 1 saturated heterocycles. The highest BCUT2D eigenvalue weighted by atomic mass is 35.5. The summed E-state index contributed by atoms with van der Waals surface area (Å²) in [5.41, 5.74) is -1.45. The normalized spacial score (nSPS) is 19.8. The Labute approximate surface area is 180 Å². The van der Waals surface area contributed by atoms with Crippen molar-refractivity contribution < 1.29 is 22.4 Å². The maximum absolute atomic E-state index is 13.8. The first kappa shape index (κ1) is 21.5. The number of carbonyl (C=O) groups excluding carboxylic acids is 1. The first-order valence-corrected chi connectivity index (χ1v) is 10.2. The molecule has 1 fully saturated rings. The van der Waals surface area contributed by atoms with Gasteiger partial charge in [0, 0.05) is 17.6 Å². The molecule has 10 heteroatoms. The Balaban J connectivity index is 1.89. The summed E-state index contributed by atoms with van der Waals surface area (Å²) in [6.45, 7) is 3.78. The zero-order chi connectivity index (χ0) is 22.5. The molecule has 164 valence electrons. The third-order valence-corrected chi connectivity index (χ3v) is 5.94. The molecule has 1 aliphatic heterocycles. The first-order valence-electron chi connectivity index (χ1n) is 9.83. The van der Waals surface area contributed by atoms with E-state index in [1.807, 2.05) is 13.8 Å². The molecule has 0 saturated carbocycles. The molecule has 1 aliphatic rings. The quantitative estimate of drug-likeness (QED) is 0.473. The first-order chi connectivity index (χ1) is 14.6. The van der Waals surface area contributed by atoms with Crippen LogP contribution in [0.15, 0.2) is 30.3 Å². The van der Waals surface area contributed by atoms with Gasteiger partial charge in [-0.2, -0.15) is 18.3 Å². The van der Waals surface area contributed by atoms with E-state index < -0.39 is 23.6 Å². The van der Waals surface area contributed by atoms with Gasteiger partial charge < -0.3 is 4.90 Å². The summed E-state index contributed by atoms with van der Waals surface area (Å²) >= 11 is 6.35. The Morgan fingerprint density at radius 1 is 1.13 bits per heavy atom. The number of benzene rings is 1. The number of likely N-dealkylation sites (tertiary alicyclic amines) is 1. The maximum atomic E-state index is 13.8. The van der Waals surface area contributed by atoms with Crippen molar-refractivity contribution in [2.45, 2.75) is 51.4 Å². The fourth-order valence-corrected chi connectivity index (χ4v) is 4.28. The van der Waals surface area contributed by atoms with Crippen LogP contribution in [0.25, 0.3) is 16.9 Å². The van der Waals surface area contributed by atoms with Crippen LogP contribution in [0.3, 0.4) is 0 Å². The Morgan fingerprint density at radius 2 is 1.74 bits per heavy atom. The molecule has 2 atom stereocenters. The smallest absolute Gasteiger partial charge is 0.332 e. The number of hydrogen-bond donors (Lipinski definition) is 0. The second kappa shape index (κ2) is 7.78. The highest BCUT2D eigenvalue weighted by molar-refractivity contribution is 6.36. The molecule has 2 aromatic heterocycles. The molecule has 0 unspecified atom stereocenters. The van der Waals surface area contributed by atoms with E-state index in [4.69, 9.17) is 11.6 Å². The molecular weight excluding hydrogens is 436 g/mol. The maximum Gasteiger partial charge on any atom is 0.433 e. The average Bonchev–Trinajstić information content (AvgIpc) is 3.03. The summed E-state index contributed by atoms with van der Waals surface area (Å²) in [5.74, 6) is -1.05. The van der Waals surface area contributed by atoms with E-state index >= 15 is 0 Å². The van der Waals surface area contributed by atoms with Crippen LogP contribution in [-0.4, -0.2) is 37.5 Å². The lowest BCUT2D eigenvalue weighted by Crippen LogP contribution is -2.47. The summed E-state index contributed by atoms with van der Waals surface area (Å²) < 4.78 is 55.2. The molecule has 0 spiro atoms. The summed E-state index contributed by atoms with van der Waals surface area (Å²) in [6.07, 6.45) is -2.23. The molecule has 0 aliphatic carbocycles. The van der Waals surface area contributed by atoms with Gasteiger partial charge >= 0.3 is 6.18 Å². The van der Waals surface area contributed by atoms with Gasteiger partial charge in [0.15, 0.2) is 17.0 Å². The van der Waals surface area contributed by atoms with Gasteiger partial charge in [0.1, 0.15) is 10.8 Å². The molecule has 1 aromatic carbocycles. The van der Waals surface area contributed by atoms with Crippen molar-refractivity contribution >= 4 is 23.2 Å². The second-order valence-electron chi connectivity index (χ2n) is 7.77. The van der Waals surface area contributed by atoms with Crippen molar-refractivity contribution in [3.63, 3.8) is 0 Å². The number of nitrogens with zero attached hydrogens (tertiary/aromatic N) is 4. The number of amides is 1. The van der Waals surface area contributed by atoms with Crippen molar-refractivity contribution in [2.75, 3.05) is 0 Å². The number of carbonyl (C=O) groups is 1. The van der Waals surface area contributed by atoms with Gasteiger partial charge in [-0.25, -0.2) is 13.9 Å². The van der Waals surface area contributed by atoms with Crippen LogP contribution in [-0.2, 0) is 6.18 Å². The monoisotopic (exact) mass is 454 g/mol. The van der Waals surface area contributed by atoms with Gasteiger partial charge in [0.05, 0.1) is 5.69 Å². The van der Waals surface area contributed by atoms with Crippen LogP contribution >= 0.6 is 11.6 Å². The summed E-state index contributed by atoms with van der Waals surface area (Å²) in [7, 11) is 0. The van der Waals surface area contributed by atoms with Gasteiger partial charge in [-0.1, -0.05) is 11.6 Å². The van der Waals surface area contributed by atoms with Gasteiger partial charge in [-0.3, -0.25) is 4.79 Å². The van der Waals surface area contributed by atoms with Crippen molar-refractivity contribution in [3.8, 4) is 11.3 Å². The van der Waals surface area contributed by atoms with Crippen molar-refractivity contribution in [3.05, 3.63) is 52.6 Å². The fourth-order valence-electron chi connectivity index (χ4n) is 4.04. The van der Waals surface area contributed by atoms with Gasteiger partial charge in [0.2, 0.25) is 0 Å². The standard InChI is InChI=1S/C21H19ClF4N4O/c1-11-4-3-5-12(2)29(11)20(31)18-17(22)19-27-15(13-6-8-14(23)9-7-13)10-16(21(24,25)26)30(19)28-18/h6-12H,3-5H2,1-2H3/t11-,12+. The van der Waals surface area contributed by atoms with Crippen LogP contribution < -0.4 is 0 Å².